The minimum atomic E-state index is 0.0315. The SMILES string of the molecule is CC(=O)NCC1(CN)CCNC(C)C1. The molecule has 82 valence electrons. The van der Waals surface area contributed by atoms with Crippen LogP contribution in [0.3, 0.4) is 0 Å². The fourth-order valence-corrected chi connectivity index (χ4v) is 2.14. The largest absolute Gasteiger partial charge is 0.356 e. The third-order valence-corrected chi connectivity index (χ3v) is 3.03. The fraction of sp³-hybridized carbons (Fsp3) is 0.900. The van der Waals surface area contributed by atoms with Gasteiger partial charge in [-0.1, -0.05) is 0 Å². The molecule has 0 radical (unpaired) electrons. The van der Waals surface area contributed by atoms with Crippen molar-refractivity contribution in [1.29, 1.82) is 0 Å². The van der Waals surface area contributed by atoms with E-state index >= 15 is 0 Å². The van der Waals surface area contributed by atoms with Gasteiger partial charge >= 0.3 is 0 Å². The van der Waals surface area contributed by atoms with Gasteiger partial charge in [0.05, 0.1) is 0 Å². The van der Waals surface area contributed by atoms with Gasteiger partial charge in [-0.2, -0.15) is 0 Å². The molecule has 14 heavy (non-hydrogen) atoms. The molecule has 1 fully saturated rings. The van der Waals surface area contributed by atoms with Gasteiger partial charge in [0.15, 0.2) is 0 Å². The summed E-state index contributed by atoms with van der Waals surface area (Å²) in [5.74, 6) is 0.0315. The van der Waals surface area contributed by atoms with Crippen molar-refractivity contribution in [2.45, 2.75) is 32.7 Å². The van der Waals surface area contributed by atoms with Crippen molar-refractivity contribution in [2.24, 2.45) is 11.1 Å². The molecule has 0 aromatic heterocycles. The van der Waals surface area contributed by atoms with Crippen molar-refractivity contribution in [3.8, 4) is 0 Å². The maximum Gasteiger partial charge on any atom is 0.216 e. The first-order valence-electron chi connectivity index (χ1n) is 5.26. The Morgan fingerprint density at radius 2 is 2.43 bits per heavy atom. The van der Waals surface area contributed by atoms with Crippen LogP contribution in [0.1, 0.15) is 26.7 Å². The van der Waals surface area contributed by atoms with Gasteiger partial charge in [0.25, 0.3) is 0 Å². The standard InChI is InChI=1S/C10H21N3O/c1-8-5-10(6-11,3-4-12-8)7-13-9(2)14/h8,12H,3-7,11H2,1-2H3,(H,13,14). The van der Waals surface area contributed by atoms with Crippen LogP contribution in [0.25, 0.3) is 0 Å². The molecule has 0 spiro atoms. The summed E-state index contributed by atoms with van der Waals surface area (Å²) in [6.07, 6.45) is 2.10. The van der Waals surface area contributed by atoms with E-state index in [1.54, 1.807) is 6.92 Å². The van der Waals surface area contributed by atoms with Crippen molar-refractivity contribution in [3.05, 3.63) is 0 Å². The lowest BCUT2D eigenvalue weighted by atomic mass is 9.76. The first kappa shape index (κ1) is 11.5. The lowest BCUT2D eigenvalue weighted by Crippen LogP contribution is -2.51. The second-order valence-electron chi connectivity index (χ2n) is 4.42. The Labute approximate surface area is 85.6 Å². The van der Waals surface area contributed by atoms with E-state index in [4.69, 9.17) is 5.73 Å². The molecule has 0 aromatic carbocycles. The van der Waals surface area contributed by atoms with Crippen LogP contribution >= 0.6 is 0 Å². The molecule has 1 aliphatic rings. The molecule has 4 heteroatoms. The van der Waals surface area contributed by atoms with Crippen LogP contribution in [-0.2, 0) is 4.79 Å². The van der Waals surface area contributed by atoms with E-state index in [1.165, 1.54) is 0 Å². The van der Waals surface area contributed by atoms with Gasteiger partial charge in [-0.15, -0.1) is 0 Å². The first-order valence-corrected chi connectivity index (χ1v) is 5.26. The monoisotopic (exact) mass is 199 g/mol. The van der Waals surface area contributed by atoms with E-state index in [-0.39, 0.29) is 11.3 Å². The highest BCUT2D eigenvalue weighted by Crippen LogP contribution is 2.29. The number of nitrogens with one attached hydrogen (secondary N) is 2. The lowest BCUT2D eigenvalue weighted by molar-refractivity contribution is -0.119. The summed E-state index contributed by atoms with van der Waals surface area (Å²) in [6, 6.07) is 0.501. The molecule has 0 aromatic rings. The van der Waals surface area contributed by atoms with Crippen molar-refractivity contribution in [2.75, 3.05) is 19.6 Å². The summed E-state index contributed by atoms with van der Waals surface area (Å²) in [6.45, 7) is 6.08. The van der Waals surface area contributed by atoms with Gasteiger partial charge in [0.2, 0.25) is 5.91 Å². The molecule has 2 atom stereocenters. The third-order valence-electron chi connectivity index (χ3n) is 3.03. The van der Waals surface area contributed by atoms with Crippen LogP contribution in [0.15, 0.2) is 0 Å². The van der Waals surface area contributed by atoms with Crippen molar-refractivity contribution >= 4 is 5.91 Å². The molecule has 1 aliphatic heterocycles. The molecule has 4 N–H and O–H groups in total. The maximum atomic E-state index is 10.9. The van der Waals surface area contributed by atoms with Gasteiger partial charge in [-0.05, 0) is 32.9 Å². The highest BCUT2D eigenvalue weighted by Gasteiger charge is 2.33. The Bertz CT molecular complexity index is 208. The molecule has 4 nitrogen and oxygen atoms in total. The Morgan fingerprint density at radius 1 is 1.71 bits per heavy atom. The molecule has 1 heterocycles. The Balaban J connectivity index is 2.51. The quantitative estimate of drug-likeness (QED) is 0.591. The van der Waals surface area contributed by atoms with Crippen LogP contribution in [0, 0.1) is 5.41 Å². The highest BCUT2D eigenvalue weighted by molar-refractivity contribution is 5.72. The molecule has 0 bridgehead atoms. The molecule has 0 aliphatic carbocycles. The summed E-state index contributed by atoms with van der Waals surface area (Å²) in [5, 5.41) is 6.27. The summed E-state index contributed by atoms with van der Waals surface area (Å²) in [5.41, 5.74) is 5.92. The Morgan fingerprint density at radius 3 is 2.93 bits per heavy atom. The zero-order valence-electron chi connectivity index (χ0n) is 9.10. The highest BCUT2D eigenvalue weighted by atomic mass is 16.1. The molecule has 1 saturated heterocycles. The second kappa shape index (κ2) is 4.75. The van der Waals surface area contributed by atoms with Crippen LogP contribution in [0.5, 0.6) is 0 Å². The smallest absolute Gasteiger partial charge is 0.216 e. The predicted molar refractivity (Wildman–Crippen MR) is 56.9 cm³/mol. The molecular weight excluding hydrogens is 178 g/mol. The van der Waals surface area contributed by atoms with Gasteiger partial charge in [0, 0.05) is 24.9 Å². The van der Waals surface area contributed by atoms with E-state index in [2.05, 4.69) is 17.6 Å². The summed E-state index contributed by atoms with van der Waals surface area (Å²) >= 11 is 0. The second-order valence-corrected chi connectivity index (χ2v) is 4.42. The molecular formula is C10H21N3O. The van der Waals surface area contributed by atoms with Crippen molar-refractivity contribution in [1.82, 2.24) is 10.6 Å². The number of hydrogen-bond acceptors (Lipinski definition) is 3. The fourth-order valence-electron chi connectivity index (χ4n) is 2.14. The number of amides is 1. The average Bonchev–Trinajstić information content (AvgIpc) is 2.15. The van der Waals surface area contributed by atoms with Crippen LogP contribution < -0.4 is 16.4 Å². The Hall–Kier alpha value is -0.610. The molecule has 0 saturated carbocycles. The Kier molecular flexibility index (Phi) is 3.89. The normalized spacial score (nSPS) is 32.6. The van der Waals surface area contributed by atoms with Gasteiger partial charge in [-0.3, -0.25) is 4.79 Å². The van der Waals surface area contributed by atoms with Crippen LogP contribution in [0.4, 0.5) is 0 Å². The molecule has 2 unspecified atom stereocenters. The third kappa shape index (κ3) is 2.96. The average molecular weight is 199 g/mol. The zero-order valence-corrected chi connectivity index (χ0v) is 9.10. The maximum absolute atomic E-state index is 10.9. The van der Waals surface area contributed by atoms with Gasteiger partial charge in [0.1, 0.15) is 0 Å². The van der Waals surface area contributed by atoms with E-state index in [1.807, 2.05) is 0 Å². The lowest BCUT2D eigenvalue weighted by Gasteiger charge is -2.39. The van der Waals surface area contributed by atoms with Crippen LogP contribution in [-0.4, -0.2) is 31.6 Å². The van der Waals surface area contributed by atoms with Gasteiger partial charge in [-0.25, -0.2) is 0 Å². The molecule has 1 amide bonds. The van der Waals surface area contributed by atoms with E-state index in [9.17, 15) is 4.79 Å². The minimum absolute atomic E-state index is 0.0315. The number of carbonyl (C=O) groups excluding carboxylic acids is 1. The minimum Gasteiger partial charge on any atom is -0.356 e. The van der Waals surface area contributed by atoms with Gasteiger partial charge < -0.3 is 16.4 Å². The van der Waals surface area contributed by atoms with Crippen molar-refractivity contribution < 1.29 is 4.79 Å². The number of piperidine rings is 1. The number of nitrogens with two attached hydrogens (primary N) is 1. The summed E-state index contributed by atoms with van der Waals surface area (Å²) in [7, 11) is 0. The predicted octanol–water partition coefficient (Wildman–Crippen LogP) is -0.160. The number of rotatable bonds is 3. The van der Waals surface area contributed by atoms with E-state index < -0.39 is 0 Å². The molecule has 1 rings (SSSR count). The topological polar surface area (TPSA) is 67.2 Å². The summed E-state index contributed by atoms with van der Waals surface area (Å²) < 4.78 is 0. The van der Waals surface area contributed by atoms with Crippen LogP contribution in [0.2, 0.25) is 0 Å². The number of carbonyl (C=O) groups is 1. The van der Waals surface area contributed by atoms with E-state index in [0.29, 0.717) is 19.1 Å². The van der Waals surface area contributed by atoms with E-state index in [0.717, 1.165) is 19.4 Å². The summed E-state index contributed by atoms with van der Waals surface area (Å²) in [4.78, 5) is 10.9. The van der Waals surface area contributed by atoms with Crippen molar-refractivity contribution in [3.63, 3.8) is 0 Å². The zero-order chi connectivity index (χ0) is 10.6. The first-order chi connectivity index (χ1) is 6.58. The number of hydrogen-bond donors (Lipinski definition) is 3.